The highest BCUT2D eigenvalue weighted by molar-refractivity contribution is 8.26. The van der Waals surface area contributed by atoms with Crippen molar-refractivity contribution in [3.63, 3.8) is 0 Å². The van der Waals surface area contributed by atoms with Gasteiger partial charge in [-0.1, -0.05) is 68.7 Å². The second kappa shape index (κ2) is 13.1. The molecule has 2 saturated heterocycles. The van der Waals surface area contributed by atoms with E-state index in [1.165, 1.54) is 30.2 Å². The fourth-order valence-electron chi connectivity index (χ4n) is 5.73. The zero-order chi connectivity index (χ0) is 29.9. The maximum absolute atomic E-state index is 13.9. The van der Waals surface area contributed by atoms with Crippen LogP contribution < -0.4 is 19.9 Å². The van der Waals surface area contributed by atoms with Crippen molar-refractivity contribution in [2.24, 2.45) is 0 Å². The number of anilines is 1. The van der Waals surface area contributed by atoms with Crippen LogP contribution in [0.1, 0.15) is 55.7 Å². The van der Waals surface area contributed by atoms with E-state index >= 15 is 0 Å². The Labute approximate surface area is 261 Å². The predicted molar refractivity (Wildman–Crippen MR) is 175 cm³/mol. The smallest absolute Gasteiger partial charge is 0.267 e. The second-order valence-electron chi connectivity index (χ2n) is 11.3. The van der Waals surface area contributed by atoms with Gasteiger partial charge in [0.05, 0.1) is 10.5 Å². The highest BCUT2D eigenvalue weighted by atomic mass is 32.2. The molecule has 5 heterocycles. The first-order valence-corrected chi connectivity index (χ1v) is 16.3. The summed E-state index contributed by atoms with van der Waals surface area (Å²) in [4.78, 5) is 39.0. The van der Waals surface area contributed by atoms with Crippen LogP contribution in [-0.2, 0) is 11.3 Å². The average molecular weight is 620 g/mol. The molecule has 3 aromatic rings. The molecule has 0 radical (unpaired) electrons. The Balaban J connectivity index is 1.23. The topological polar surface area (TPSA) is 79.6 Å². The minimum atomic E-state index is -0.184. The highest BCUT2D eigenvalue weighted by Crippen LogP contribution is 2.35. The van der Waals surface area contributed by atoms with Crippen LogP contribution in [0, 0.1) is 6.92 Å². The van der Waals surface area contributed by atoms with E-state index in [2.05, 4.69) is 22.8 Å². The van der Waals surface area contributed by atoms with Crippen molar-refractivity contribution in [2.75, 3.05) is 44.4 Å². The predicted octanol–water partition coefficient (Wildman–Crippen LogP) is 5.23. The van der Waals surface area contributed by atoms with Crippen molar-refractivity contribution in [1.29, 1.82) is 0 Å². The summed E-state index contributed by atoms with van der Waals surface area (Å²) < 4.78 is 13.1. The second-order valence-corrected chi connectivity index (χ2v) is 13.0. The molecule has 9 nitrogen and oxygen atoms in total. The van der Waals surface area contributed by atoms with E-state index in [9.17, 15) is 9.59 Å². The normalized spacial score (nSPS) is 18.0. The summed E-state index contributed by atoms with van der Waals surface area (Å²) in [5.41, 5.74) is 2.96. The Kier molecular flexibility index (Phi) is 9.01. The summed E-state index contributed by atoms with van der Waals surface area (Å²) in [6.45, 7) is 8.84. The maximum Gasteiger partial charge on any atom is 0.267 e. The summed E-state index contributed by atoms with van der Waals surface area (Å²) >= 11 is 6.86. The summed E-state index contributed by atoms with van der Waals surface area (Å²) in [6.07, 6.45) is 9.05. The SMILES string of the molecule is CCCCCCCN1C(=O)C(=Cc2c(N3CCN(Cc4ccc5c(c4)OCO5)CC3)nc3ccc(C)cn3c2=O)SC1=S. The van der Waals surface area contributed by atoms with Crippen molar-refractivity contribution in [3.05, 3.63) is 68.5 Å². The Hall–Kier alpha value is -3.41. The van der Waals surface area contributed by atoms with Crippen LogP contribution in [0.4, 0.5) is 5.82 Å². The van der Waals surface area contributed by atoms with Gasteiger partial charge in [-0.05, 0) is 48.7 Å². The zero-order valence-corrected chi connectivity index (χ0v) is 26.3. The number of thioether (sulfide) groups is 1. The number of pyridine rings is 1. The van der Waals surface area contributed by atoms with Gasteiger partial charge in [0.2, 0.25) is 6.79 Å². The van der Waals surface area contributed by atoms with Crippen LogP contribution >= 0.6 is 24.0 Å². The zero-order valence-electron chi connectivity index (χ0n) is 24.7. The van der Waals surface area contributed by atoms with E-state index in [0.717, 1.165) is 56.0 Å². The lowest BCUT2D eigenvalue weighted by Gasteiger charge is -2.36. The first kappa shape index (κ1) is 29.7. The van der Waals surface area contributed by atoms with Crippen LogP contribution in [0.3, 0.4) is 0 Å². The number of piperazine rings is 1. The standard InChI is InChI=1S/C32H37N5O4S2/c1-3-4-5-6-7-12-36-31(39)27(43-32(36)42)18-24-29(33-28-11-8-22(2)19-37(28)30(24)38)35-15-13-34(14-16-35)20-23-9-10-25-26(17-23)41-21-40-25/h8-11,17-19H,3-7,12-16,20-21H2,1-2H3. The number of benzene rings is 1. The maximum atomic E-state index is 13.9. The number of aryl methyl sites for hydroxylation is 1. The van der Waals surface area contributed by atoms with E-state index < -0.39 is 0 Å². The third-order valence-corrected chi connectivity index (χ3v) is 9.51. The van der Waals surface area contributed by atoms with E-state index in [1.807, 2.05) is 31.2 Å². The minimum Gasteiger partial charge on any atom is -0.454 e. The number of aromatic nitrogens is 2. The van der Waals surface area contributed by atoms with Gasteiger partial charge in [-0.2, -0.15) is 0 Å². The Morgan fingerprint density at radius 2 is 1.79 bits per heavy atom. The number of fused-ring (bicyclic) bond motifs is 2. The largest absolute Gasteiger partial charge is 0.454 e. The molecule has 3 aliphatic rings. The molecule has 43 heavy (non-hydrogen) atoms. The summed E-state index contributed by atoms with van der Waals surface area (Å²) in [6, 6.07) is 9.91. The molecule has 2 fully saturated rings. The molecule has 3 aliphatic heterocycles. The van der Waals surface area contributed by atoms with Gasteiger partial charge in [-0.25, -0.2) is 4.98 Å². The number of ether oxygens (including phenoxy) is 2. The van der Waals surface area contributed by atoms with E-state index in [4.69, 9.17) is 26.7 Å². The molecule has 226 valence electrons. The molecular formula is C32H37N5O4S2. The van der Waals surface area contributed by atoms with Crippen molar-refractivity contribution < 1.29 is 14.3 Å². The number of rotatable bonds is 10. The van der Waals surface area contributed by atoms with Gasteiger partial charge in [0.15, 0.2) is 11.5 Å². The molecule has 0 unspecified atom stereocenters. The number of carbonyl (C=O) groups is 1. The number of amides is 1. The first-order chi connectivity index (χ1) is 20.9. The third-order valence-electron chi connectivity index (χ3n) is 8.13. The molecule has 0 spiro atoms. The van der Waals surface area contributed by atoms with Gasteiger partial charge >= 0.3 is 0 Å². The molecule has 0 aliphatic carbocycles. The Morgan fingerprint density at radius 1 is 1.00 bits per heavy atom. The van der Waals surface area contributed by atoms with Crippen molar-refractivity contribution in [1.82, 2.24) is 19.2 Å². The minimum absolute atomic E-state index is 0.126. The molecular weight excluding hydrogens is 583 g/mol. The molecule has 0 N–H and O–H groups in total. The number of nitrogens with zero attached hydrogens (tertiary/aromatic N) is 5. The molecule has 6 rings (SSSR count). The van der Waals surface area contributed by atoms with Crippen molar-refractivity contribution in [3.8, 4) is 11.5 Å². The monoisotopic (exact) mass is 619 g/mol. The fraction of sp³-hybridized carbons (Fsp3) is 0.438. The van der Waals surface area contributed by atoms with Crippen LogP contribution in [0.5, 0.6) is 11.5 Å². The van der Waals surface area contributed by atoms with E-state index in [-0.39, 0.29) is 18.3 Å². The quantitative estimate of drug-likeness (QED) is 0.172. The fourth-order valence-corrected chi connectivity index (χ4v) is 7.02. The van der Waals surface area contributed by atoms with Gasteiger partial charge < -0.3 is 14.4 Å². The van der Waals surface area contributed by atoms with Crippen molar-refractivity contribution >= 4 is 51.7 Å². The number of carbonyl (C=O) groups excluding carboxylic acids is 1. The number of unbranched alkanes of at least 4 members (excludes halogenated alkanes) is 4. The molecule has 0 bridgehead atoms. The summed E-state index contributed by atoms with van der Waals surface area (Å²) in [5.74, 6) is 2.06. The highest BCUT2D eigenvalue weighted by Gasteiger charge is 2.33. The van der Waals surface area contributed by atoms with E-state index in [0.29, 0.717) is 45.9 Å². The van der Waals surface area contributed by atoms with Crippen LogP contribution in [0.25, 0.3) is 11.7 Å². The Morgan fingerprint density at radius 3 is 2.60 bits per heavy atom. The Bertz CT molecular complexity index is 1630. The molecule has 2 aromatic heterocycles. The van der Waals surface area contributed by atoms with Crippen LogP contribution in [-0.4, -0.2) is 68.9 Å². The lowest BCUT2D eigenvalue weighted by Crippen LogP contribution is -2.47. The lowest BCUT2D eigenvalue weighted by atomic mass is 10.1. The van der Waals surface area contributed by atoms with E-state index in [1.54, 1.807) is 21.6 Å². The third kappa shape index (κ3) is 6.44. The molecule has 0 atom stereocenters. The van der Waals surface area contributed by atoms with Gasteiger partial charge in [0.1, 0.15) is 15.8 Å². The molecule has 1 amide bonds. The van der Waals surface area contributed by atoms with Gasteiger partial charge in [0, 0.05) is 45.5 Å². The van der Waals surface area contributed by atoms with Crippen LogP contribution in [0.2, 0.25) is 0 Å². The molecule has 11 heteroatoms. The number of thiocarbonyl (C=S) groups is 1. The summed E-state index contributed by atoms with van der Waals surface area (Å²) in [7, 11) is 0. The molecule has 0 saturated carbocycles. The summed E-state index contributed by atoms with van der Waals surface area (Å²) in [5, 5.41) is 0. The number of hydrogen-bond acceptors (Lipinski definition) is 9. The lowest BCUT2D eigenvalue weighted by molar-refractivity contribution is -0.122. The average Bonchev–Trinajstić information content (AvgIpc) is 3.58. The van der Waals surface area contributed by atoms with Crippen LogP contribution in [0.15, 0.2) is 46.2 Å². The first-order valence-electron chi connectivity index (χ1n) is 15.1. The van der Waals surface area contributed by atoms with Gasteiger partial charge in [0.25, 0.3) is 11.5 Å². The van der Waals surface area contributed by atoms with Gasteiger partial charge in [-0.3, -0.25) is 23.8 Å². The van der Waals surface area contributed by atoms with Gasteiger partial charge in [-0.15, -0.1) is 0 Å². The van der Waals surface area contributed by atoms with Crippen molar-refractivity contribution in [2.45, 2.75) is 52.5 Å². The number of hydrogen-bond donors (Lipinski definition) is 0. The molecule has 1 aromatic carbocycles.